The molecular weight excluding hydrogens is 240 g/mol. The predicted molar refractivity (Wildman–Crippen MR) is 76.1 cm³/mol. The van der Waals surface area contributed by atoms with Gasteiger partial charge in [0.15, 0.2) is 0 Å². The fourth-order valence-corrected chi connectivity index (χ4v) is 2.85. The van der Waals surface area contributed by atoms with Crippen LogP contribution in [0.4, 0.5) is 5.82 Å². The lowest BCUT2D eigenvalue weighted by atomic mass is 9.99. The third-order valence-corrected chi connectivity index (χ3v) is 3.11. The Labute approximate surface area is 115 Å². The molecule has 2 heterocycles. The van der Waals surface area contributed by atoms with E-state index >= 15 is 0 Å². The van der Waals surface area contributed by atoms with Crippen LogP contribution in [0.15, 0.2) is 12.4 Å². The number of hydrogen-bond donors (Lipinski definition) is 1. The SMILES string of the molecule is CNc1cnc(CN2CC(C)(C)OC(C)(C)C2)cn1. The number of ether oxygens (including phenoxy) is 1. The van der Waals surface area contributed by atoms with Gasteiger partial charge in [0.2, 0.25) is 0 Å². The lowest BCUT2D eigenvalue weighted by Crippen LogP contribution is -2.56. The zero-order chi connectivity index (χ0) is 14.1. The van der Waals surface area contributed by atoms with E-state index in [1.807, 2.05) is 13.2 Å². The molecular formula is C14H24N4O. The summed E-state index contributed by atoms with van der Waals surface area (Å²) in [6.07, 6.45) is 3.60. The van der Waals surface area contributed by atoms with Crippen molar-refractivity contribution >= 4 is 5.82 Å². The monoisotopic (exact) mass is 264 g/mol. The van der Waals surface area contributed by atoms with Crippen molar-refractivity contribution in [3.8, 4) is 0 Å². The summed E-state index contributed by atoms with van der Waals surface area (Å²) in [5.74, 6) is 0.798. The third kappa shape index (κ3) is 3.88. The predicted octanol–water partition coefficient (Wildman–Crippen LogP) is 1.91. The maximum Gasteiger partial charge on any atom is 0.144 e. The van der Waals surface area contributed by atoms with Gasteiger partial charge in [-0.05, 0) is 27.7 Å². The molecule has 0 amide bonds. The maximum atomic E-state index is 6.08. The van der Waals surface area contributed by atoms with Gasteiger partial charge in [-0.2, -0.15) is 0 Å². The smallest absolute Gasteiger partial charge is 0.144 e. The van der Waals surface area contributed by atoms with Crippen LogP contribution in [-0.2, 0) is 11.3 Å². The molecule has 1 aromatic rings. The molecule has 0 saturated carbocycles. The quantitative estimate of drug-likeness (QED) is 0.903. The second-order valence-electron chi connectivity index (χ2n) is 6.41. The molecule has 5 nitrogen and oxygen atoms in total. The summed E-state index contributed by atoms with van der Waals surface area (Å²) in [6, 6.07) is 0. The summed E-state index contributed by atoms with van der Waals surface area (Å²) in [5, 5.41) is 2.98. The normalized spacial score (nSPS) is 22.2. The summed E-state index contributed by atoms with van der Waals surface area (Å²) >= 11 is 0. The minimum Gasteiger partial charge on any atom is -0.372 e. The lowest BCUT2D eigenvalue weighted by Gasteiger charge is -2.47. The summed E-state index contributed by atoms with van der Waals surface area (Å²) in [4.78, 5) is 11.1. The van der Waals surface area contributed by atoms with E-state index in [9.17, 15) is 0 Å². The van der Waals surface area contributed by atoms with Gasteiger partial charge >= 0.3 is 0 Å². The molecule has 1 fully saturated rings. The van der Waals surface area contributed by atoms with E-state index in [0.29, 0.717) is 0 Å². The highest BCUT2D eigenvalue weighted by molar-refractivity contribution is 5.29. The zero-order valence-electron chi connectivity index (χ0n) is 12.5. The lowest BCUT2D eigenvalue weighted by molar-refractivity contribution is -0.182. The summed E-state index contributed by atoms with van der Waals surface area (Å²) in [7, 11) is 1.84. The van der Waals surface area contributed by atoms with Crippen molar-refractivity contribution in [3.63, 3.8) is 0 Å². The van der Waals surface area contributed by atoms with Crippen molar-refractivity contribution in [2.75, 3.05) is 25.5 Å². The van der Waals surface area contributed by atoms with Gasteiger partial charge in [0.1, 0.15) is 5.82 Å². The van der Waals surface area contributed by atoms with Crippen molar-refractivity contribution in [2.45, 2.75) is 45.4 Å². The third-order valence-electron chi connectivity index (χ3n) is 3.11. The average molecular weight is 264 g/mol. The summed E-state index contributed by atoms with van der Waals surface area (Å²) in [6.45, 7) is 11.2. The Morgan fingerprint density at radius 1 is 1.16 bits per heavy atom. The van der Waals surface area contributed by atoms with Crippen LogP contribution in [0.3, 0.4) is 0 Å². The number of rotatable bonds is 3. The molecule has 0 bridgehead atoms. The minimum absolute atomic E-state index is 0.125. The molecule has 0 unspecified atom stereocenters. The molecule has 1 aliphatic heterocycles. The van der Waals surface area contributed by atoms with E-state index in [2.05, 4.69) is 47.9 Å². The number of nitrogens with zero attached hydrogens (tertiary/aromatic N) is 3. The topological polar surface area (TPSA) is 50.3 Å². The van der Waals surface area contributed by atoms with E-state index < -0.39 is 0 Å². The molecule has 1 saturated heterocycles. The summed E-state index contributed by atoms with van der Waals surface area (Å²) in [5.41, 5.74) is 0.743. The molecule has 0 radical (unpaired) electrons. The highest BCUT2D eigenvalue weighted by Crippen LogP contribution is 2.28. The number of hydrogen-bond acceptors (Lipinski definition) is 5. The van der Waals surface area contributed by atoms with Crippen molar-refractivity contribution in [1.82, 2.24) is 14.9 Å². The second-order valence-corrected chi connectivity index (χ2v) is 6.41. The highest BCUT2D eigenvalue weighted by Gasteiger charge is 2.38. The summed E-state index contributed by atoms with van der Waals surface area (Å²) < 4.78 is 6.08. The van der Waals surface area contributed by atoms with E-state index in [-0.39, 0.29) is 11.2 Å². The van der Waals surface area contributed by atoms with Crippen LogP contribution in [0, 0.1) is 0 Å². The van der Waals surface area contributed by atoms with Crippen LogP contribution in [-0.4, -0.2) is 46.2 Å². The van der Waals surface area contributed by atoms with Gasteiger partial charge in [-0.25, -0.2) is 4.98 Å². The molecule has 0 aliphatic carbocycles. The van der Waals surface area contributed by atoms with Crippen molar-refractivity contribution in [1.29, 1.82) is 0 Å². The van der Waals surface area contributed by atoms with Gasteiger partial charge < -0.3 is 10.1 Å². The van der Waals surface area contributed by atoms with Gasteiger partial charge in [0, 0.05) is 26.7 Å². The number of morpholine rings is 1. The minimum atomic E-state index is -0.125. The Balaban J connectivity index is 2.05. The Bertz CT molecular complexity index is 412. The number of nitrogens with one attached hydrogen (secondary N) is 1. The van der Waals surface area contributed by atoms with Gasteiger partial charge in [0.25, 0.3) is 0 Å². The first-order valence-electron chi connectivity index (χ1n) is 6.71. The fraction of sp³-hybridized carbons (Fsp3) is 0.714. The average Bonchev–Trinajstić information content (AvgIpc) is 2.25. The molecule has 5 heteroatoms. The largest absolute Gasteiger partial charge is 0.372 e. The molecule has 1 aliphatic rings. The number of aromatic nitrogens is 2. The molecule has 0 aromatic carbocycles. The van der Waals surface area contributed by atoms with Crippen molar-refractivity contribution < 1.29 is 4.74 Å². The first-order chi connectivity index (χ1) is 8.80. The van der Waals surface area contributed by atoms with Gasteiger partial charge in [-0.15, -0.1) is 0 Å². The first kappa shape index (κ1) is 14.2. The van der Waals surface area contributed by atoms with Crippen LogP contribution in [0.1, 0.15) is 33.4 Å². The van der Waals surface area contributed by atoms with Crippen LogP contribution in [0.2, 0.25) is 0 Å². The van der Waals surface area contributed by atoms with Gasteiger partial charge in [-0.1, -0.05) is 0 Å². The molecule has 19 heavy (non-hydrogen) atoms. The molecule has 0 atom stereocenters. The number of anilines is 1. The Hall–Kier alpha value is -1.20. The Kier molecular flexibility index (Phi) is 3.78. The van der Waals surface area contributed by atoms with E-state index in [0.717, 1.165) is 31.1 Å². The second kappa shape index (κ2) is 5.06. The van der Waals surface area contributed by atoms with E-state index in [4.69, 9.17) is 4.74 Å². The molecule has 1 aromatic heterocycles. The first-order valence-corrected chi connectivity index (χ1v) is 6.71. The van der Waals surface area contributed by atoms with Gasteiger partial charge in [-0.3, -0.25) is 9.88 Å². The Morgan fingerprint density at radius 2 is 1.79 bits per heavy atom. The van der Waals surface area contributed by atoms with Crippen molar-refractivity contribution in [2.24, 2.45) is 0 Å². The molecule has 106 valence electrons. The fourth-order valence-electron chi connectivity index (χ4n) is 2.85. The van der Waals surface area contributed by atoms with Crippen LogP contribution in [0.5, 0.6) is 0 Å². The van der Waals surface area contributed by atoms with Crippen LogP contribution >= 0.6 is 0 Å². The van der Waals surface area contributed by atoms with Crippen LogP contribution in [0.25, 0.3) is 0 Å². The molecule has 2 rings (SSSR count). The maximum absolute atomic E-state index is 6.08. The molecule has 1 N–H and O–H groups in total. The zero-order valence-corrected chi connectivity index (χ0v) is 12.5. The highest BCUT2D eigenvalue weighted by atomic mass is 16.5. The van der Waals surface area contributed by atoms with E-state index in [1.165, 1.54) is 0 Å². The van der Waals surface area contributed by atoms with Gasteiger partial charge in [0.05, 0.1) is 29.3 Å². The van der Waals surface area contributed by atoms with E-state index in [1.54, 1.807) is 6.20 Å². The standard InChI is InChI=1S/C14H24N4O/c1-13(2)9-18(10-14(3,4)19-13)8-11-6-17-12(15-5)7-16-11/h6-7H,8-10H2,1-5H3,(H,15,17). The molecule has 0 spiro atoms. The van der Waals surface area contributed by atoms with Crippen LogP contribution < -0.4 is 5.32 Å². The van der Waals surface area contributed by atoms with Crippen molar-refractivity contribution in [3.05, 3.63) is 18.1 Å². The Morgan fingerprint density at radius 3 is 2.26 bits per heavy atom.